The van der Waals surface area contributed by atoms with E-state index in [4.69, 9.17) is 0 Å². The van der Waals surface area contributed by atoms with Crippen LogP contribution in [0.2, 0.25) is 0 Å². The van der Waals surface area contributed by atoms with Gasteiger partial charge in [0.15, 0.2) is 0 Å². The maximum Gasteiger partial charge on any atom is 0.254 e. The van der Waals surface area contributed by atoms with Gasteiger partial charge in [-0.15, -0.1) is 0 Å². The average Bonchev–Trinajstić information content (AvgIpc) is 2.65. The molecule has 6 nitrogen and oxygen atoms in total. The Hall–Kier alpha value is -3.22. The Kier molecular flexibility index (Phi) is 5.49. The highest BCUT2D eigenvalue weighted by Crippen LogP contribution is 2.17. The second kappa shape index (κ2) is 7.99. The summed E-state index contributed by atoms with van der Waals surface area (Å²) in [5, 5.41) is 5.32. The number of halogens is 1. The third-order valence-electron chi connectivity index (χ3n) is 4.47. The van der Waals surface area contributed by atoms with Gasteiger partial charge >= 0.3 is 0 Å². The van der Waals surface area contributed by atoms with Crippen LogP contribution in [0, 0.1) is 12.7 Å². The van der Waals surface area contributed by atoms with E-state index in [-0.39, 0.29) is 18.2 Å². The van der Waals surface area contributed by atoms with Gasteiger partial charge in [0.2, 0.25) is 11.8 Å². The molecule has 0 aliphatic carbocycles. The molecule has 0 saturated carbocycles. The van der Waals surface area contributed by atoms with Crippen LogP contribution in [0.5, 0.6) is 0 Å². The minimum atomic E-state index is -0.897. The first-order chi connectivity index (χ1) is 13.0. The highest BCUT2D eigenvalue weighted by Gasteiger charge is 2.35. The summed E-state index contributed by atoms with van der Waals surface area (Å²) in [7, 11) is 0. The van der Waals surface area contributed by atoms with Gasteiger partial charge in [-0.25, -0.2) is 4.39 Å². The van der Waals surface area contributed by atoms with Crippen LogP contribution in [0.4, 0.5) is 10.1 Å². The van der Waals surface area contributed by atoms with Crippen molar-refractivity contribution in [2.24, 2.45) is 0 Å². The van der Waals surface area contributed by atoms with E-state index in [1.807, 2.05) is 19.1 Å². The average molecular weight is 369 g/mol. The van der Waals surface area contributed by atoms with E-state index in [1.165, 1.54) is 29.2 Å². The number of carbonyl (C=O) groups is 3. The molecule has 2 aromatic rings. The fourth-order valence-corrected chi connectivity index (χ4v) is 3.05. The fraction of sp³-hybridized carbons (Fsp3) is 0.250. The normalized spacial score (nSPS) is 16.6. The van der Waals surface area contributed by atoms with E-state index >= 15 is 0 Å². The Morgan fingerprint density at radius 3 is 2.59 bits per heavy atom. The van der Waals surface area contributed by atoms with Gasteiger partial charge in [-0.3, -0.25) is 14.4 Å². The molecule has 1 heterocycles. The Bertz CT molecular complexity index is 867. The molecule has 0 bridgehead atoms. The number of amides is 3. The first-order valence-corrected chi connectivity index (χ1v) is 8.65. The topological polar surface area (TPSA) is 78.5 Å². The summed E-state index contributed by atoms with van der Waals surface area (Å²) in [6, 6.07) is 11.6. The van der Waals surface area contributed by atoms with E-state index in [0.29, 0.717) is 24.3 Å². The number of benzene rings is 2. The van der Waals surface area contributed by atoms with Gasteiger partial charge in [-0.2, -0.15) is 0 Å². The first-order valence-electron chi connectivity index (χ1n) is 8.65. The predicted octanol–water partition coefficient (Wildman–Crippen LogP) is 2.10. The molecule has 0 spiro atoms. The minimum Gasteiger partial charge on any atom is -0.353 e. The fourth-order valence-electron chi connectivity index (χ4n) is 3.05. The van der Waals surface area contributed by atoms with E-state index < -0.39 is 17.8 Å². The number of nitrogens with one attached hydrogen (secondary N) is 2. The monoisotopic (exact) mass is 369 g/mol. The number of nitrogens with zero attached hydrogens (tertiary/aromatic N) is 1. The maximum absolute atomic E-state index is 13.0. The Balaban J connectivity index is 1.75. The molecule has 3 amide bonds. The van der Waals surface area contributed by atoms with Crippen molar-refractivity contribution < 1.29 is 18.8 Å². The molecule has 1 aliphatic rings. The van der Waals surface area contributed by atoms with Crippen LogP contribution < -0.4 is 10.6 Å². The zero-order valence-corrected chi connectivity index (χ0v) is 14.9. The summed E-state index contributed by atoms with van der Waals surface area (Å²) in [5.74, 6) is -1.47. The molecule has 140 valence electrons. The number of anilines is 1. The van der Waals surface area contributed by atoms with Crippen molar-refractivity contribution in [3.05, 3.63) is 65.5 Å². The van der Waals surface area contributed by atoms with Crippen molar-refractivity contribution in [1.29, 1.82) is 0 Å². The van der Waals surface area contributed by atoms with Gasteiger partial charge in [0.1, 0.15) is 11.9 Å². The van der Waals surface area contributed by atoms with E-state index in [0.717, 1.165) is 5.56 Å². The van der Waals surface area contributed by atoms with Crippen molar-refractivity contribution in [1.82, 2.24) is 10.2 Å². The summed E-state index contributed by atoms with van der Waals surface area (Å²) < 4.78 is 13.0. The largest absolute Gasteiger partial charge is 0.353 e. The van der Waals surface area contributed by atoms with Crippen molar-refractivity contribution in [3.8, 4) is 0 Å². The summed E-state index contributed by atoms with van der Waals surface area (Å²) in [6.07, 6.45) is -0.180. The molecule has 2 aromatic carbocycles. The lowest BCUT2D eigenvalue weighted by atomic mass is 10.0. The number of rotatable bonds is 4. The lowest BCUT2D eigenvalue weighted by Gasteiger charge is -2.35. The molecule has 0 aromatic heterocycles. The molecular weight excluding hydrogens is 349 g/mol. The van der Waals surface area contributed by atoms with Gasteiger partial charge < -0.3 is 15.5 Å². The number of carbonyl (C=O) groups excluding carboxylic acids is 3. The summed E-state index contributed by atoms with van der Waals surface area (Å²) >= 11 is 0. The van der Waals surface area contributed by atoms with Crippen LogP contribution in [0.15, 0.2) is 48.5 Å². The molecular formula is C20H20FN3O3. The van der Waals surface area contributed by atoms with Crippen LogP contribution in [0.1, 0.15) is 22.3 Å². The lowest BCUT2D eigenvalue weighted by Crippen LogP contribution is -2.58. The van der Waals surface area contributed by atoms with Crippen LogP contribution in [-0.2, 0) is 9.59 Å². The number of hydrogen-bond acceptors (Lipinski definition) is 3. The first kappa shape index (κ1) is 18.6. The molecule has 2 N–H and O–H groups in total. The lowest BCUT2D eigenvalue weighted by molar-refractivity contribution is -0.131. The SMILES string of the molecule is Cc1ccccc1C(=O)N1CCNC(=O)C1CC(=O)Nc1ccc(F)cc1. The van der Waals surface area contributed by atoms with Gasteiger partial charge in [0.25, 0.3) is 5.91 Å². The van der Waals surface area contributed by atoms with Crippen molar-refractivity contribution in [2.45, 2.75) is 19.4 Å². The van der Waals surface area contributed by atoms with Crippen LogP contribution >= 0.6 is 0 Å². The Morgan fingerprint density at radius 1 is 1.19 bits per heavy atom. The standard InChI is InChI=1S/C20H20FN3O3/c1-13-4-2-3-5-16(13)20(27)24-11-10-22-19(26)17(24)12-18(25)23-15-8-6-14(21)7-9-15/h2-9,17H,10-12H2,1H3,(H,22,26)(H,23,25). The Morgan fingerprint density at radius 2 is 1.89 bits per heavy atom. The van der Waals surface area contributed by atoms with Crippen LogP contribution in [0.3, 0.4) is 0 Å². The number of hydrogen-bond donors (Lipinski definition) is 2. The van der Waals surface area contributed by atoms with Crippen LogP contribution in [0.25, 0.3) is 0 Å². The predicted molar refractivity (Wildman–Crippen MR) is 98.7 cm³/mol. The molecule has 7 heteroatoms. The highest BCUT2D eigenvalue weighted by atomic mass is 19.1. The molecule has 1 aliphatic heterocycles. The summed E-state index contributed by atoms with van der Waals surface area (Å²) in [5.41, 5.74) is 1.74. The molecule has 0 radical (unpaired) electrons. The maximum atomic E-state index is 13.0. The van der Waals surface area contributed by atoms with Crippen LogP contribution in [-0.4, -0.2) is 41.8 Å². The molecule has 1 atom stereocenters. The molecule has 1 unspecified atom stereocenters. The van der Waals surface area contributed by atoms with Gasteiger partial charge in [0.05, 0.1) is 6.42 Å². The van der Waals surface area contributed by atoms with Crippen molar-refractivity contribution in [2.75, 3.05) is 18.4 Å². The number of aryl methyl sites for hydroxylation is 1. The van der Waals surface area contributed by atoms with E-state index in [2.05, 4.69) is 10.6 Å². The second-order valence-corrected chi connectivity index (χ2v) is 6.38. The zero-order chi connectivity index (χ0) is 19.4. The van der Waals surface area contributed by atoms with Crippen molar-refractivity contribution in [3.63, 3.8) is 0 Å². The van der Waals surface area contributed by atoms with Gasteiger partial charge in [-0.05, 0) is 42.8 Å². The Labute approximate surface area is 156 Å². The molecule has 1 fully saturated rings. The molecule has 1 saturated heterocycles. The van der Waals surface area contributed by atoms with E-state index in [9.17, 15) is 18.8 Å². The van der Waals surface area contributed by atoms with Gasteiger partial charge in [0, 0.05) is 24.3 Å². The summed E-state index contributed by atoms with van der Waals surface area (Å²) in [4.78, 5) is 39.0. The third kappa shape index (κ3) is 4.31. The van der Waals surface area contributed by atoms with Gasteiger partial charge in [-0.1, -0.05) is 18.2 Å². The number of piperazine rings is 1. The third-order valence-corrected chi connectivity index (χ3v) is 4.47. The van der Waals surface area contributed by atoms with E-state index in [1.54, 1.807) is 12.1 Å². The smallest absolute Gasteiger partial charge is 0.254 e. The zero-order valence-electron chi connectivity index (χ0n) is 14.9. The van der Waals surface area contributed by atoms with Crippen molar-refractivity contribution >= 4 is 23.4 Å². The molecule has 3 rings (SSSR count). The highest BCUT2D eigenvalue weighted by molar-refractivity contribution is 6.01. The summed E-state index contributed by atoms with van der Waals surface area (Å²) in [6.45, 7) is 2.49. The molecule has 27 heavy (non-hydrogen) atoms. The quantitative estimate of drug-likeness (QED) is 0.866. The second-order valence-electron chi connectivity index (χ2n) is 6.38. The minimum absolute atomic E-state index is 0.180.